The van der Waals surface area contributed by atoms with Crippen molar-refractivity contribution in [1.29, 1.82) is 0 Å². The molecular weight excluding hydrogens is 268 g/mol. The molecule has 20 heavy (non-hydrogen) atoms. The van der Waals surface area contributed by atoms with Crippen molar-refractivity contribution in [1.82, 2.24) is 10.2 Å². The Balaban J connectivity index is 1.77. The lowest BCUT2D eigenvalue weighted by atomic mass is 10.00. The van der Waals surface area contributed by atoms with E-state index in [1.807, 2.05) is 0 Å². The molecule has 116 valence electrons. The maximum absolute atomic E-state index is 11.9. The zero-order chi connectivity index (χ0) is 14.2. The van der Waals surface area contributed by atoms with Crippen LogP contribution in [0.15, 0.2) is 0 Å². The second-order valence-electron chi connectivity index (χ2n) is 6.29. The highest BCUT2D eigenvalue weighted by Gasteiger charge is 2.26. The van der Waals surface area contributed by atoms with Crippen LogP contribution in [-0.4, -0.2) is 48.0 Å². The van der Waals surface area contributed by atoms with Gasteiger partial charge in [0.2, 0.25) is 5.91 Å². The maximum atomic E-state index is 11.9. The summed E-state index contributed by atoms with van der Waals surface area (Å²) in [5, 5.41) is 3.24. The third-order valence-electron chi connectivity index (χ3n) is 4.69. The molecule has 4 heteroatoms. The predicted molar refractivity (Wildman–Crippen MR) is 87.2 cm³/mol. The molecule has 3 nitrogen and oxygen atoms in total. The number of piperidine rings is 1. The molecule has 1 saturated carbocycles. The number of rotatable bonds is 5. The van der Waals surface area contributed by atoms with Gasteiger partial charge in [-0.05, 0) is 38.5 Å². The molecule has 2 rings (SSSR count). The summed E-state index contributed by atoms with van der Waals surface area (Å²) in [5.41, 5.74) is 0. The predicted octanol–water partition coefficient (Wildman–Crippen LogP) is 3.04. The molecule has 1 heterocycles. The number of hydrogen-bond acceptors (Lipinski definition) is 3. The topological polar surface area (TPSA) is 32.3 Å². The molecule has 2 fully saturated rings. The number of carbonyl (C=O) groups excluding carboxylic acids is 1. The highest BCUT2D eigenvalue weighted by molar-refractivity contribution is 7.98. The SMILES string of the molecule is CSCCC(=O)N[C@H]1CCCN(C2CCCCCC2)C1. The Labute approximate surface area is 128 Å². The molecule has 1 aliphatic heterocycles. The van der Waals surface area contributed by atoms with Crippen molar-refractivity contribution >= 4 is 17.7 Å². The van der Waals surface area contributed by atoms with E-state index in [0.717, 1.165) is 24.8 Å². The fourth-order valence-electron chi connectivity index (χ4n) is 3.57. The van der Waals surface area contributed by atoms with Crippen LogP contribution in [0.3, 0.4) is 0 Å². The van der Waals surface area contributed by atoms with Crippen molar-refractivity contribution < 1.29 is 4.79 Å². The molecule has 1 saturated heterocycles. The molecule has 1 N–H and O–H groups in total. The van der Waals surface area contributed by atoms with Crippen molar-refractivity contribution in [2.24, 2.45) is 0 Å². The van der Waals surface area contributed by atoms with Crippen LogP contribution >= 0.6 is 11.8 Å². The fourth-order valence-corrected chi connectivity index (χ4v) is 3.96. The number of likely N-dealkylation sites (tertiary alicyclic amines) is 1. The molecule has 0 bridgehead atoms. The number of thioether (sulfide) groups is 1. The summed E-state index contributed by atoms with van der Waals surface area (Å²) in [7, 11) is 0. The van der Waals surface area contributed by atoms with Gasteiger partial charge in [-0.3, -0.25) is 9.69 Å². The summed E-state index contributed by atoms with van der Waals surface area (Å²) in [6.07, 6.45) is 13.5. The zero-order valence-electron chi connectivity index (χ0n) is 12.9. The molecule has 0 unspecified atom stereocenters. The van der Waals surface area contributed by atoms with E-state index in [2.05, 4.69) is 16.5 Å². The van der Waals surface area contributed by atoms with E-state index in [4.69, 9.17) is 0 Å². The van der Waals surface area contributed by atoms with Crippen LogP contribution in [0.2, 0.25) is 0 Å². The van der Waals surface area contributed by atoms with Gasteiger partial charge >= 0.3 is 0 Å². The van der Waals surface area contributed by atoms with E-state index in [1.165, 1.54) is 51.5 Å². The van der Waals surface area contributed by atoms with Gasteiger partial charge in [0, 0.05) is 30.8 Å². The summed E-state index contributed by atoms with van der Waals surface area (Å²) in [4.78, 5) is 14.5. The van der Waals surface area contributed by atoms with Crippen LogP contribution < -0.4 is 5.32 Å². The summed E-state index contributed by atoms with van der Waals surface area (Å²) in [6, 6.07) is 1.17. The molecule has 1 aliphatic carbocycles. The molecule has 1 amide bonds. The van der Waals surface area contributed by atoms with Crippen LogP contribution in [0.1, 0.15) is 57.8 Å². The van der Waals surface area contributed by atoms with Gasteiger partial charge in [0.25, 0.3) is 0 Å². The third kappa shape index (κ3) is 5.28. The van der Waals surface area contributed by atoms with Crippen molar-refractivity contribution in [3.05, 3.63) is 0 Å². The minimum atomic E-state index is 0.243. The van der Waals surface area contributed by atoms with Gasteiger partial charge < -0.3 is 5.32 Å². The summed E-state index contributed by atoms with van der Waals surface area (Å²) in [6.45, 7) is 2.32. The van der Waals surface area contributed by atoms with Gasteiger partial charge in [-0.1, -0.05) is 25.7 Å². The zero-order valence-corrected chi connectivity index (χ0v) is 13.7. The first-order valence-electron chi connectivity index (χ1n) is 8.32. The minimum absolute atomic E-state index is 0.243. The highest BCUT2D eigenvalue weighted by atomic mass is 32.2. The lowest BCUT2D eigenvalue weighted by Crippen LogP contribution is -2.51. The Bertz CT molecular complexity index is 290. The fraction of sp³-hybridized carbons (Fsp3) is 0.938. The molecule has 0 spiro atoms. The Morgan fingerprint density at radius 3 is 2.60 bits per heavy atom. The lowest BCUT2D eigenvalue weighted by molar-refractivity contribution is -0.121. The van der Waals surface area contributed by atoms with Crippen LogP contribution in [0, 0.1) is 0 Å². The molecule has 0 aromatic carbocycles. The van der Waals surface area contributed by atoms with E-state index in [9.17, 15) is 4.79 Å². The molecular formula is C16H30N2OS. The number of carbonyl (C=O) groups is 1. The van der Waals surface area contributed by atoms with E-state index in [0.29, 0.717) is 12.5 Å². The Morgan fingerprint density at radius 1 is 1.15 bits per heavy atom. The average molecular weight is 298 g/mol. The standard InChI is InChI=1S/C16H30N2OS/c1-20-12-10-16(19)17-14-7-6-11-18(13-14)15-8-4-2-3-5-9-15/h14-15H,2-13H2,1H3,(H,17,19)/t14-/m0/s1. The van der Waals surface area contributed by atoms with Gasteiger partial charge in [0.1, 0.15) is 0 Å². The number of amides is 1. The normalized spacial score (nSPS) is 26.1. The lowest BCUT2D eigenvalue weighted by Gasteiger charge is -2.38. The maximum Gasteiger partial charge on any atom is 0.221 e. The summed E-state index contributed by atoms with van der Waals surface area (Å²) >= 11 is 1.75. The van der Waals surface area contributed by atoms with Gasteiger partial charge in [-0.25, -0.2) is 0 Å². The number of hydrogen-bond donors (Lipinski definition) is 1. The molecule has 1 atom stereocenters. The molecule has 0 aromatic heterocycles. The van der Waals surface area contributed by atoms with Gasteiger partial charge in [0.15, 0.2) is 0 Å². The van der Waals surface area contributed by atoms with Crippen molar-refractivity contribution in [3.63, 3.8) is 0 Å². The van der Waals surface area contributed by atoms with Gasteiger partial charge in [0.05, 0.1) is 0 Å². The number of nitrogens with one attached hydrogen (secondary N) is 1. The molecule has 2 aliphatic rings. The third-order valence-corrected chi connectivity index (χ3v) is 5.30. The van der Waals surface area contributed by atoms with E-state index >= 15 is 0 Å². The second kappa shape index (κ2) is 8.93. The second-order valence-corrected chi connectivity index (χ2v) is 7.28. The first kappa shape index (κ1) is 16.2. The smallest absolute Gasteiger partial charge is 0.221 e. The van der Waals surface area contributed by atoms with Crippen molar-refractivity contribution in [3.8, 4) is 0 Å². The van der Waals surface area contributed by atoms with E-state index in [-0.39, 0.29) is 5.91 Å². The Hall–Kier alpha value is -0.220. The first-order valence-corrected chi connectivity index (χ1v) is 9.71. The Morgan fingerprint density at radius 2 is 1.90 bits per heavy atom. The van der Waals surface area contributed by atoms with Crippen LogP contribution in [-0.2, 0) is 4.79 Å². The summed E-state index contributed by atoms with van der Waals surface area (Å²) < 4.78 is 0. The van der Waals surface area contributed by atoms with Gasteiger partial charge in [-0.15, -0.1) is 0 Å². The molecule has 0 aromatic rings. The first-order chi connectivity index (χ1) is 9.79. The summed E-state index contributed by atoms with van der Waals surface area (Å²) in [5.74, 6) is 1.18. The van der Waals surface area contributed by atoms with Crippen molar-refractivity contribution in [2.75, 3.05) is 25.1 Å². The quantitative estimate of drug-likeness (QED) is 0.792. The van der Waals surface area contributed by atoms with Crippen LogP contribution in [0.25, 0.3) is 0 Å². The monoisotopic (exact) mass is 298 g/mol. The average Bonchev–Trinajstić information content (AvgIpc) is 2.74. The van der Waals surface area contributed by atoms with Gasteiger partial charge in [-0.2, -0.15) is 11.8 Å². The van der Waals surface area contributed by atoms with Crippen LogP contribution in [0.5, 0.6) is 0 Å². The number of nitrogens with zero attached hydrogens (tertiary/aromatic N) is 1. The minimum Gasteiger partial charge on any atom is -0.352 e. The van der Waals surface area contributed by atoms with E-state index < -0.39 is 0 Å². The van der Waals surface area contributed by atoms with Crippen molar-refractivity contribution in [2.45, 2.75) is 69.9 Å². The highest BCUT2D eigenvalue weighted by Crippen LogP contribution is 2.24. The largest absolute Gasteiger partial charge is 0.352 e. The van der Waals surface area contributed by atoms with Crippen LogP contribution in [0.4, 0.5) is 0 Å². The molecule has 0 radical (unpaired) electrons. The Kier molecular flexibility index (Phi) is 7.22. The van der Waals surface area contributed by atoms with E-state index in [1.54, 1.807) is 11.8 Å².